The van der Waals surface area contributed by atoms with Gasteiger partial charge in [-0.05, 0) is 184 Å². The van der Waals surface area contributed by atoms with Gasteiger partial charge >= 0.3 is 0 Å². The minimum Gasteiger partial charge on any atom is -0.456 e. The zero-order valence-electron chi connectivity index (χ0n) is 46.7. The smallest absolute Gasteiger partial charge is 0.137 e. The predicted molar refractivity (Wildman–Crippen MR) is 327 cm³/mol. The molecule has 8 aromatic carbocycles. The average molecular weight is 1020 g/mol. The lowest BCUT2D eigenvalue weighted by molar-refractivity contribution is -0.0398. The summed E-state index contributed by atoms with van der Waals surface area (Å²) in [4.78, 5) is 5.01. The molecule has 380 valence electrons. The maximum Gasteiger partial charge on any atom is 0.137 e. The van der Waals surface area contributed by atoms with Crippen LogP contribution in [-0.2, 0) is 16.2 Å². The Bertz CT molecular complexity index is 3540. The van der Waals surface area contributed by atoms with Crippen molar-refractivity contribution in [2.75, 3.05) is 9.80 Å². The Kier molecular flexibility index (Phi) is 10.9. The van der Waals surface area contributed by atoms with E-state index in [9.17, 15) is 0 Å². The Morgan fingerprint density at radius 1 is 0.427 bits per heavy atom. The SMILES string of the molecule is CC(C)(C)c1ccc(N(c2ccc([Si](C)(C)C)cc2)c2ccc3c(c2)oc2cc4c(cc23)C2(c3cc(N(c5ccc(C(C)(C)C)cc5)c5ccc([Si](C)(C)C)cc5)c5ccccc5c3-4)C3CC4CC(C3)CC2C4)cc1. The number of anilines is 6. The first-order valence-corrected chi connectivity index (χ1v) is 35.2. The fourth-order valence-electron chi connectivity index (χ4n) is 14.9. The van der Waals surface area contributed by atoms with Crippen LogP contribution < -0.4 is 20.2 Å². The summed E-state index contributed by atoms with van der Waals surface area (Å²) >= 11 is 0. The molecule has 4 bridgehead atoms. The molecule has 9 aromatic rings. The molecule has 14 rings (SSSR count). The van der Waals surface area contributed by atoms with Crippen LogP contribution in [0.25, 0.3) is 43.8 Å². The molecule has 5 aliphatic rings. The number of furan rings is 1. The van der Waals surface area contributed by atoms with E-state index in [1.807, 2.05) is 0 Å². The quantitative estimate of drug-likeness (QED) is 0.141. The van der Waals surface area contributed by atoms with Crippen molar-refractivity contribution in [2.45, 2.75) is 129 Å². The standard InChI is InChI=1S/C70H76N2OSi2/c1-68(2,3)46-17-21-50(22-18-46)71(51-25-30-55(31-26-51)74(7,8)9)54-29-34-58-60-41-62-61(42-66(60)73-65(58)40-54)67-59-16-14-13-15-57(59)64(43-63(67)70(62)48-36-44-35-45(38-48)39-49(70)37-44)72(52-23-19-47(20-24-52)69(4,5)6)53-27-32-56(33-28-53)75(10,11)12/h13-34,40-45,48-49H,35-39H2,1-12H3. The highest BCUT2D eigenvalue weighted by Gasteiger charge is 2.62. The number of fused-ring (bicyclic) bond motifs is 8. The Morgan fingerprint density at radius 3 is 1.37 bits per heavy atom. The van der Waals surface area contributed by atoms with Gasteiger partial charge in [0.25, 0.3) is 0 Å². The van der Waals surface area contributed by atoms with E-state index in [2.05, 4.69) is 248 Å². The maximum absolute atomic E-state index is 7.21. The van der Waals surface area contributed by atoms with Crippen molar-refractivity contribution in [3.05, 3.63) is 180 Å². The molecule has 0 atom stereocenters. The summed E-state index contributed by atoms with van der Waals surface area (Å²) in [6.45, 7) is 28.5. The van der Waals surface area contributed by atoms with Crippen LogP contribution in [0.4, 0.5) is 34.1 Å². The van der Waals surface area contributed by atoms with Crippen LogP contribution in [-0.4, -0.2) is 16.1 Å². The Morgan fingerprint density at radius 2 is 0.880 bits per heavy atom. The van der Waals surface area contributed by atoms with Gasteiger partial charge in [-0.2, -0.15) is 0 Å². The van der Waals surface area contributed by atoms with Gasteiger partial charge in [0, 0.05) is 56.1 Å². The molecule has 0 N–H and O–H groups in total. The van der Waals surface area contributed by atoms with Crippen molar-refractivity contribution in [2.24, 2.45) is 23.7 Å². The molecule has 0 unspecified atom stereocenters. The largest absolute Gasteiger partial charge is 0.456 e. The third-order valence-electron chi connectivity index (χ3n) is 18.7. The van der Waals surface area contributed by atoms with Crippen molar-refractivity contribution >= 4 is 93.4 Å². The highest BCUT2D eigenvalue weighted by atomic mass is 28.3. The van der Waals surface area contributed by atoms with Crippen LogP contribution in [0.15, 0.2) is 162 Å². The first kappa shape index (κ1) is 48.5. The summed E-state index contributed by atoms with van der Waals surface area (Å²) in [5.74, 6) is 2.88. The van der Waals surface area contributed by atoms with Crippen LogP contribution in [0.1, 0.15) is 95.9 Å². The van der Waals surface area contributed by atoms with Crippen LogP contribution in [0.3, 0.4) is 0 Å². The summed E-state index contributed by atoms with van der Waals surface area (Å²) in [6.07, 6.45) is 6.71. The summed E-state index contributed by atoms with van der Waals surface area (Å²) in [5.41, 5.74) is 17.7. The van der Waals surface area contributed by atoms with Crippen LogP contribution in [0.2, 0.25) is 39.3 Å². The Labute approximate surface area is 449 Å². The van der Waals surface area contributed by atoms with Gasteiger partial charge in [-0.15, -0.1) is 0 Å². The molecule has 1 aromatic heterocycles. The van der Waals surface area contributed by atoms with E-state index in [0.29, 0.717) is 11.8 Å². The first-order valence-electron chi connectivity index (χ1n) is 28.2. The zero-order valence-corrected chi connectivity index (χ0v) is 48.7. The van der Waals surface area contributed by atoms with Gasteiger partial charge in [0.15, 0.2) is 0 Å². The van der Waals surface area contributed by atoms with E-state index in [4.69, 9.17) is 4.42 Å². The van der Waals surface area contributed by atoms with E-state index < -0.39 is 16.1 Å². The van der Waals surface area contributed by atoms with Gasteiger partial charge in [-0.25, -0.2) is 0 Å². The van der Waals surface area contributed by atoms with Gasteiger partial charge < -0.3 is 14.2 Å². The predicted octanol–water partition coefficient (Wildman–Crippen LogP) is 19.1. The van der Waals surface area contributed by atoms with E-state index in [1.54, 1.807) is 11.1 Å². The topological polar surface area (TPSA) is 19.6 Å². The third-order valence-corrected chi connectivity index (χ3v) is 22.8. The molecular formula is C70H76N2OSi2. The molecular weight excluding hydrogens is 941 g/mol. The number of hydrogen-bond acceptors (Lipinski definition) is 3. The van der Waals surface area contributed by atoms with Crippen molar-refractivity contribution in [1.82, 2.24) is 0 Å². The van der Waals surface area contributed by atoms with Crippen molar-refractivity contribution in [3.8, 4) is 11.1 Å². The minimum atomic E-state index is -1.52. The fourth-order valence-corrected chi connectivity index (χ4v) is 17.3. The van der Waals surface area contributed by atoms with Gasteiger partial charge in [-0.1, -0.05) is 164 Å². The van der Waals surface area contributed by atoms with Gasteiger partial charge in [0.2, 0.25) is 0 Å². The molecule has 0 amide bonds. The number of rotatable bonds is 8. The van der Waals surface area contributed by atoms with E-state index in [1.165, 1.54) is 103 Å². The normalized spacial score (nSPS) is 21.1. The zero-order chi connectivity index (χ0) is 52.1. The molecule has 1 spiro atoms. The lowest BCUT2D eigenvalue weighted by Crippen LogP contribution is -2.55. The molecule has 75 heavy (non-hydrogen) atoms. The second-order valence-electron chi connectivity index (χ2n) is 27.6. The number of hydrogen-bond donors (Lipinski definition) is 0. The molecule has 3 nitrogen and oxygen atoms in total. The van der Waals surface area contributed by atoms with E-state index in [0.717, 1.165) is 40.1 Å². The minimum absolute atomic E-state index is 0.0618. The molecule has 0 aliphatic heterocycles. The van der Waals surface area contributed by atoms with Crippen LogP contribution >= 0.6 is 0 Å². The molecule has 0 saturated heterocycles. The first-order chi connectivity index (χ1) is 35.6. The van der Waals surface area contributed by atoms with Crippen molar-refractivity contribution < 1.29 is 4.42 Å². The highest BCUT2D eigenvalue weighted by Crippen LogP contribution is 2.71. The lowest BCUT2D eigenvalue weighted by atomic mass is 9.43. The molecule has 0 radical (unpaired) electrons. The van der Waals surface area contributed by atoms with Gasteiger partial charge in [0.1, 0.15) is 11.2 Å². The van der Waals surface area contributed by atoms with Gasteiger partial charge in [-0.3, -0.25) is 0 Å². The second kappa shape index (κ2) is 16.9. The summed E-state index contributed by atoms with van der Waals surface area (Å²) in [6, 6.07) is 61.8. The third kappa shape index (κ3) is 7.83. The van der Waals surface area contributed by atoms with E-state index >= 15 is 0 Å². The monoisotopic (exact) mass is 1020 g/mol. The van der Waals surface area contributed by atoms with Crippen molar-refractivity contribution in [3.63, 3.8) is 0 Å². The summed E-state index contributed by atoms with van der Waals surface area (Å²) in [5, 5.41) is 8.02. The summed E-state index contributed by atoms with van der Waals surface area (Å²) < 4.78 is 7.21. The summed E-state index contributed by atoms with van der Waals surface area (Å²) in [7, 11) is -3.01. The highest BCUT2D eigenvalue weighted by molar-refractivity contribution is 6.89. The number of nitrogens with zero attached hydrogens (tertiary/aromatic N) is 2. The Balaban J connectivity index is 1.01. The van der Waals surface area contributed by atoms with Gasteiger partial charge in [0.05, 0.1) is 21.8 Å². The maximum atomic E-state index is 7.21. The number of benzene rings is 8. The van der Waals surface area contributed by atoms with Crippen LogP contribution in [0, 0.1) is 23.7 Å². The molecule has 5 aliphatic carbocycles. The molecule has 1 heterocycles. The van der Waals surface area contributed by atoms with E-state index in [-0.39, 0.29) is 16.2 Å². The van der Waals surface area contributed by atoms with Crippen molar-refractivity contribution in [1.29, 1.82) is 0 Å². The Hall–Kier alpha value is -6.15. The molecule has 4 fully saturated rings. The molecule has 4 saturated carbocycles. The average Bonchev–Trinajstić information content (AvgIpc) is 3.94. The molecule has 5 heteroatoms. The lowest BCUT2D eigenvalue weighted by Gasteiger charge is -2.61. The van der Waals surface area contributed by atoms with Crippen LogP contribution in [0.5, 0.6) is 0 Å². The fraction of sp³-hybridized carbons (Fsp3) is 0.343. The second-order valence-corrected chi connectivity index (χ2v) is 37.7.